The molecule has 0 saturated heterocycles. The van der Waals surface area contributed by atoms with Crippen LogP contribution in [0.3, 0.4) is 0 Å². The van der Waals surface area contributed by atoms with E-state index in [2.05, 4.69) is 28.1 Å². The average Bonchev–Trinajstić information content (AvgIpc) is 2.77. The molecule has 0 aliphatic heterocycles. The number of halogens is 1. The Morgan fingerprint density at radius 3 is 2.55 bits per heavy atom. The number of nitrogens with zero attached hydrogens (tertiary/aromatic N) is 1. The van der Waals surface area contributed by atoms with Gasteiger partial charge in [0.15, 0.2) is 0 Å². The monoisotopic (exact) mass is 396 g/mol. The van der Waals surface area contributed by atoms with Crippen LogP contribution in [0.15, 0.2) is 53.5 Å². The van der Waals surface area contributed by atoms with Crippen molar-refractivity contribution in [2.75, 3.05) is 32.1 Å². The van der Waals surface area contributed by atoms with Crippen LogP contribution in [0, 0.1) is 11.7 Å². The largest absolute Gasteiger partial charge is 0.388 e. The summed E-state index contributed by atoms with van der Waals surface area (Å²) < 4.78 is 13.1. The molecule has 2 aromatic carbocycles. The maximum absolute atomic E-state index is 13.1. The Morgan fingerprint density at radius 2 is 1.79 bits per heavy atom. The second kappa shape index (κ2) is 11.6. The number of benzene rings is 2. The second-order valence-corrected chi connectivity index (χ2v) is 7.72. The van der Waals surface area contributed by atoms with Crippen LogP contribution in [0.25, 0.3) is 0 Å². The van der Waals surface area contributed by atoms with Gasteiger partial charge in [0.05, 0.1) is 6.67 Å². The molecular formula is C24H33FN4. The fourth-order valence-corrected chi connectivity index (χ4v) is 3.92. The Labute approximate surface area is 174 Å². The molecule has 5 heteroatoms. The van der Waals surface area contributed by atoms with Gasteiger partial charge in [-0.05, 0) is 61.6 Å². The van der Waals surface area contributed by atoms with Gasteiger partial charge in [-0.2, -0.15) is 0 Å². The smallest absolute Gasteiger partial charge is 0.131 e. The summed E-state index contributed by atoms with van der Waals surface area (Å²) in [5, 5.41) is 10.3. The van der Waals surface area contributed by atoms with E-state index in [1.54, 1.807) is 0 Å². The SMILES string of the molecule is CNc1ccccc1/C(=N\CNCC1CCCCC1)NCCc1ccc(F)cc1. The van der Waals surface area contributed by atoms with Crippen molar-refractivity contribution < 1.29 is 4.39 Å². The summed E-state index contributed by atoms with van der Waals surface area (Å²) in [5.74, 6) is 1.47. The minimum absolute atomic E-state index is 0.198. The van der Waals surface area contributed by atoms with Crippen molar-refractivity contribution in [1.29, 1.82) is 0 Å². The molecule has 0 unspecified atom stereocenters. The van der Waals surface area contributed by atoms with Crippen molar-refractivity contribution in [3.63, 3.8) is 0 Å². The molecule has 3 N–H and O–H groups in total. The fraction of sp³-hybridized carbons (Fsp3) is 0.458. The van der Waals surface area contributed by atoms with Crippen molar-refractivity contribution in [1.82, 2.24) is 10.6 Å². The lowest BCUT2D eigenvalue weighted by molar-refractivity contribution is 0.344. The number of aliphatic imine (C=N–C) groups is 1. The predicted molar refractivity (Wildman–Crippen MR) is 120 cm³/mol. The van der Waals surface area contributed by atoms with Gasteiger partial charge >= 0.3 is 0 Å². The van der Waals surface area contributed by atoms with Gasteiger partial charge in [-0.25, -0.2) is 4.39 Å². The predicted octanol–water partition coefficient (Wildman–Crippen LogP) is 4.57. The Bertz CT molecular complexity index is 767. The molecule has 1 aliphatic rings. The molecule has 0 amide bonds. The number of rotatable bonds is 9. The van der Waals surface area contributed by atoms with E-state index >= 15 is 0 Å². The number of amidine groups is 1. The highest BCUT2D eigenvalue weighted by atomic mass is 19.1. The Balaban J connectivity index is 1.60. The quantitative estimate of drug-likeness (QED) is 0.330. The van der Waals surface area contributed by atoms with E-state index in [4.69, 9.17) is 4.99 Å². The van der Waals surface area contributed by atoms with E-state index in [9.17, 15) is 4.39 Å². The van der Waals surface area contributed by atoms with E-state index in [1.807, 2.05) is 31.3 Å². The van der Waals surface area contributed by atoms with Crippen molar-refractivity contribution in [2.24, 2.45) is 10.9 Å². The van der Waals surface area contributed by atoms with Gasteiger partial charge in [-0.1, -0.05) is 43.5 Å². The fourth-order valence-electron chi connectivity index (χ4n) is 3.92. The summed E-state index contributed by atoms with van der Waals surface area (Å²) in [5.41, 5.74) is 3.22. The summed E-state index contributed by atoms with van der Waals surface area (Å²) in [6.07, 6.45) is 7.60. The molecule has 4 nitrogen and oxygen atoms in total. The zero-order valence-corrected chi connectivity index (χ0v) is 17.4. The van der Waals surface area contributed by atoms with Gasteiger partial charge < -0.3 is 10.6 Å². The van der Waals surface area contributed by atoms with Crippen LogP contribution in [0.1, 0.15) is 43.2 Å². The maximum Gasteiger partial charge on any atom is 0.131 e. The van der Waals surface area contributed by atoms with Crippen molar-refractivity contribution in [3.8, 4) is 0 Å². The minimum atomic E-state index is -0.198. The third-order valence-corrected chi connectivity index (χ3v) is 5.58. The number of hydrogen-bond donors (Lipinski definition) is 3. The molecule has 0 heterocycles. The first-order valence-corrected chi connectivity index (χ1v) is 10.8. The number of anilines is 1. The molecule has 0 aromatic heterocycles. The van der Waals surface area contributed by atoms with Crippen LogP contribution in [-0.4, -0.2) is 32.6 Å². The highest BCUT2D eigenvalue weighted by molar-refractivity contribution is 6.03. The molecule has 3 rings (SSSR count). The van der Waals surface area contributed by atoms with E-state index in [0.29, 0.717) is 6.67 Å². The number of hydrogen-bond acceptors (Lipinski definition) is 3. The van der Waals surface area contributed by atoms with Gasteiger partial charge in [0, 0.05) is 24.8 Å². The van der Waals surface area contributed by atoms with Crippen molar-refractivity contribution >= 4 is 11.5 Å². The Kier molecular flexibility index (Phi) is 8.50. The van der Waals surface area contributed by atoms with Gasteiger partial charge in [-0.15, -0.1) is 0 Å². The molecule has 0 atom stereocenters. The lowest BCUT2D eigenvalue weighted by Gasteiger charge is -2.21. The van der Waals surface area contributed by atoms with Gasteiger partial charge in [0.2, 0.25) is 0 Å². The average molecular weight is 397 g/mol. The number of nitrogens with one attached hydrogen (secondary N) is 3. The van der Waals surface area contributed by atoms with Gasteiger partial charge in [0.1, 0.15) is 11.7 Å². The first-order chi connectivity index (χ1) is 14.3. The minimum Gasteiger partial charge on any atom is -0.388 e. The van der Waals surface area contributed by atoms with Crippen LogP contribution in [-0.2, 0) is 6.42 Å². The highest BCUT2D eigenvalue weighted by Crippen LogP contribution is 2.22. The third-order valence-electron chi connectivity index (χ3n) is 5.58. The molecule has 0 bridgehead atoms. The summed E-state index contributed by atoms with van der Waals surface area (Å²) in [6, 6.07) is 14.9. The standard InChI is InChI=1S/C24H33FN4/c1-26-23-10-6-5-9-22(23)24(28-16-15-19-11-13-21(25)14-12-19)29-18-27-17-20-7-3-2-4-8-20/h5-6,9-14,20,26-27H,2-4,7-8,15-18H2,1H3,(H,28,29). The molecule has 1 saturated carbocycles. The summed E-state index contributed by atoms with van der Waals surface area (Å²) in [6.45, 7) is 2.39. The Hall–Kier alpha value is -2.40. The van der Waals surface area contributed by atoms with Gasteiger partial charge in [-0.3, -0.25) is 10.3 Å². The van der Waals surface area contributed by atoms with Crippen molar-refractivity contribution in [2.45, 2.75) is 38.5 Å². The summed E-state index contributed by atoms with van der Waals surface area (Å²) in [4.78, 5) is 4.83. The molecule has 2 aromatic rings. The van der Waals surface area contributed by atoms with Crippen LogP contribution >= 0.6 is 0 Å². The lowest BCUT2D eigenvalue weighted by atomic mass is 9.89. The maximum atomic E-state index is 13.1. The van der Waals surface area contributed by atoms with Crippen molar-refractivity contribution in [3.05, 3.63) is 65.5 Å². The van der Waals surface area contributed by atoms with E-state index in [-0.39, 0.29) is 5.82 Å². The molecule has 29 heavy (non-hydrogen) atoms. The Morgan fingerprint density at radius 1 is 1.03 bits per heavy atom. The van der Waals surface area contributed by atoms with E-state index in [0.717, 1.165) is 48.1 Å². The summed E-state index contributed by atoms with van der Waals surface area (Å²) in [7, 11) is 1.93. The lowest BCUT2D eigenvalue weighted by Crippen LogP contribution is -2.30. The van der Waals surface area contributed by atoms with Crippen LogP contribution in [0.5, 0.6) is 0 Å². The first-order valence-electron chi connectivity index (χ1n) is 10.8. The molecule has 0 spiro atoms. The normalized spacial score (nSPS) is 15.3. The summed E-state index contributed by atoms with van der Waals surface area (Å²) >= 11 is 0. The van der Waals surface area contributed by atoms with E-state index < -0.39 is 0 Å². The zero-order valence-electron chi connectivity index (χ0n) is 17.4. The third kappa shape index (κ3) is 6.86. The first kappa shape index (κ1) is 21.3. The van der Waals surface area contributed by atoms with Gasteiger partial charge in [0.25, 0.3) is 0 Å². The highest BCUT2D eigenvalue weighted by Gasteiger charge is 2.13. The molecule has 1 aliphatic carbocycles. The van der Waals surface area contributed by atoms with E-state index in [1.165, 1.54) is 44.2 Å². The topological polar surface area (TPSA) is 48.5 Å². The molecule has 1 fully saturated rings. The molecule has 0 radical (unpaired) electrons. The van der Waals surface area contributed by atoms with Crippen LogP contribution in [0.4, 0.5) is 10.1 Å². The molecule has 156 valence electrons. The zero-order chi connectivity index (χ0) is 20.3. The van der Waals surface area contributed by atoms with Crippen LogP contribution in [0.2, 0.25) is 0 Å². The van der Waals surface area contributed by atoms with Crippen LogP contribution < -0.4 is 16.0 Å². The number of para-hydroxylation sites is 1. The molecular weight excluding hydrogens is 363 g/mol. The second-order valence-electron chi connectivity index (χ2n) is 7.72.